The van der Waals surface area contributed by atoms with Crippen LogP contribution in [0.3, 0.4) is 0 Å². The lowest BCUT2D eigenvalue weighted by atomic mass is 10.1. The van der Waals surface area contributed by atoms with Crippen LogP contribution in [-0.4, -0.2) is 9.06 Å². The first-order valence-electron chi connectivity index (χ1n) is 5.63. The zero-order valence-electron chi connectivity index (χ0n) is 9.24. The third kappa shape index (κ3) is 4.08. The molecule has 0 atom stereocenters. The summed E-state index contributed by atoms with van der Waals surface area (Å²) in [7, 11) is 0. The molecule has 0 aliphatic rings. The molecule has 3 nitrogen and oxygen atoms in total. The molecule has 0 bridgehead atoms. The van der Waals surface area contributed by atoms with Gasteiger partial charge < -0.3 is 5.11 Å². The molecule has 1 heterocycles. The number of unbranched alkanes of at least 4 members (excludes halogenated alkanes) is 5. The summed E-state index contributed by atoms with van der Waals surface area (Å²) in [5.41, 5.74) is -0.242. The van der Waals surface area contributed by atoms with E-state index < -0.39 is 0 Å². The van der Waals surface area contributed by atoms with Crippen LogP contribution in [0, 0.1) is 0 Å². The summed E-state index contributed by atoms with van der Waals surface area (Å²) in [4.78, 5) is 11.3. The molecule has 0 unspecified atom stereocenters. The van der Waals surface area contributed by atoms with Crippen molar-refractivity contribution in [1.82, 2.24) is 3.96 Å². The molecule has 0 radical (unpaired) electrons. The molecule has 0 amide bonds. The fourth-order valence-corrected chi connectivity index (χ4v) is 2.28. The van der Waals surface area contributed by atoms with E-state index in [1.807, 2.05) is 0 Å². The van der Waals surface area contributed by atoms with Gasteiger partial charge >= 0.3 is 5.56 Å². The maximum Gasteiger partial charge on any atom is 0.302 e. The number of rotatable bonds is 7. The minimum atomic E-state index is -0.242. The highest BCUT2D eigenvalue weighted by Gasteiger charge is 2.03. The Balaban J connectivity index is 2.15. The fraction of sp³-hybridized carbons (Fsp3) is 0.727. The molecule has 0 saturated heterocycles. The zero-order chi connectivity index (χ0) is 11.1. The van der Waals surface area contributed by atoms with Crippen molar-refractivity contribution in [3.05, 3.63) is 15.7 Å². The van der Waals surface area contributed by atoms with Crippen LogP contribution in [0.5, 0.6) is 5.75 Å². The Morgan fingerprint density at radius 1 is 1.27 bits per heavy atom. The highest BCUT2D eigenvalue weighted by molar-refractivity contribution is 7.04. The van der Waals surface area contributed by atoms with Crippen molar-refractivity contribution in [1.29, 1.82) is 0 Å². The lowest BCUT2D eigenvalue weighted by molar-refractivity contribution is 0.464. The minimum absolute atomic E-state index is 0.119. The van der Waals surface area contributed by atoms with Gasteiger partial charge in [-0.05, 0) is 6.42 Å². The van der Waals surface area contributed by atoms with Crippen molar-refractivity contribution in [3.63, 3.8) is 0 Å². The minimum Gasteiger partial charge on any atom is -0.502 e. The molecule has 0 fully saturated rings. The van der Waals surface area contributed by atoms with E-state index in [-0.39, 0.29) is 11.3 Å². The fourth-order valence-electron chi connectivity index (χ4n) is 1.53. The predicted octanol–water partition coefficient (Wildman–Crippen LogP) is 2.98. The van der Waals surface area contributed by atoms with E-state index >= 15 is 0 Å². The van der Waals surface area contributed by atoms with Crippen LogP contribution in [0.15, 0.2) is 10.2 Å². The lowest BCUT2D eigenvalue weighted by Crippen LogP contribution is -2.12. The Morgan fingerprint density at radius 2 is 1.93 bits per heavy atom. The quantitative estimate of drug-likeness (QED) is 0.730. The predicted molar refractivity (Wildman–Crippen MR) is 63.6 cm³/mol. The van der Waals surface area contributed by atoms with Crippen molar-refractivity contribution in [2.24, 2.45) is 0 Å². The second-order valence-corrected chi connectivity index (χ2v) is 4.67. The van der Waals surface area contributed by atoms with E-state index in [4.69, 9.17) is 5.11 Å². The number of nitrogens with zero attached hydrogens (tertiary/aromatic N) is 1. The van der Waals surface area contributed by atoms with Crippen LogP contribution < -0.4 is 5.56 Å². The number of aromatic hydroxyl groups is 1. The van der Waals surface area contributed by atoms with Crippen LogP contribution in [0.25, 0.3) is 0 Å². The molecular weight excluding hydrogens is 210 g/mol. The molecule has 0 aromatic carbocycles. The van der Waals surface area contributed by atoms with Gasteiger partial charge in [0.05, 0.1) is 5.38 Å². The van der Waals surface area contributed by atoms with Gasteiger partial charge in [0.15, 0.2) is 5.75 Å². The average Bonchev–Trinajstić information content (AvgIpc) is 2.54. The molecule has 0 spiro atoms. The third-order valence-corrected chi connectivity index (χ3v) is 3.38. The smallest absolute Gasteiger partial charge is 0.302 e. The molecular formula is C11H19NO2S. The number of hydrogen-bond acceptors (Lipinski definition) is 3. The molecule has 4 heteroatoms. The first-order chi connectivity index (χ1) is 7.25. The molecule has 0 saturated carbocycles. The van der Waals surface area contributed by atoms with Gasteiger partial charge in [-0.15, -0.1) is 0 Å². The van der Waals surface area contributed by atoms with Crippen LogP contribution in [0.2, 0.25) is 0 Å². The molecule has 1 N–H and O–H groups in total. The van der Waals surface area contributed by atoms with Crippen LogP contribution in [0.4, 0.5) is 0 Å². The SMILES string of the molecule is CCCCCCCCn1scc(O)c1=O. The Morgan fingerprint density at radius 3 is 2.53 bits per heavy atom. The second-order valence-electron chi connectivity index (χ2n) is 3.78. The third-order valence-electron chi connectivity index (χ3n) is 2.45. The van der Waals surface area contributed by atoms with E-state index in [2.05, 4.69) is 6.92 Å². The van der Waals surface area contributed by atoms with Gasteiger partial charge in [-0.2, -0.15) is 0 Å². The van der Waals surface area contributed by atoms with Gasteiger partial charge in [0.2, 0.25) is 0 Å². The Labute approximate surface area is 94.5 Å². The topological polar surface area (TPSA) is 42.2 Å². The summed E-state index contributed by atoms with van der Waals surface area (Å²) < 4.78 is 1.62. The standard InChI is InChI=1S/C11H19NO2S/c1-2-3-4-5-6-7-8-12-11(14)10(13)9-15-12/h9,13H,2-8H2,1H3. The Hall–Kier alpha value is -0.770. The molecule has 1 aromatic rings. The van der Waals surface area contributed by atoms with E-state index in [0.717, 1.165) is 13.0 Å². The molecule has 0 aliphatic carbocycles. The number of aromatic nitrogens is 1. The second kappa shape index (κ2) is 6.67. The first kappa shape index (κ1) is 12.3. The van der Waals surface area contributed by atoms with E-state index in [0.29, 0.717) is 0 Å². The normalized spacial score (nSPS) is 10.7. The molecule has 1 rings (SSSR count). The summed E-state index contributed by atoms with van der Waals surface area (Å²) in [6.07, 6.45) is 7.31. The van der Waals surface area contributed by atoms with Crippen molar-refractivity contribution in [2.75, 3.05) is 0 Å². The molecule has 86 valence electrons. The Kier molecular flexibility index (Phi) is 5.47. The lowest BCUT2D eigenvalue weighted by Gasteiger charge is -2.00. The molecule has 0 aliphatic heterocycles. The Bertz CT molecular complexity index is 330. The van der Waals surface area contributed by atoms with Crippen LogP contribution in [-0.2, 0) is 6.54 Å². The van der Waals surface area contributed by atoms with Gasteiger partial charge in [0.25, 0.3) is 0 Å². The summed E-state index contributed by atoms with van der Waals surface area (Å²) >= 11 is 1.30. The summed E-state index contributed by atoms with van der Waals surface area (Å²) in [6, 6.07) is 0. The highest BCUT2D eigenvalue weighted by Crippen LogP contribution is 2.09. The van der Waals surface area contributed by atoms with Gasteiger partial charge in [0, 0.05) is 6.54 Å². The van der Waals surface area contributed by atoms with Crippen molar-refractivity contribution >= 4 is 11.5 Å². The van der Waals surface area contributed by atoms with E-state index in [1.54, 1.807) is 3.96 Å². The summed E-state index contributed by atoms with van der Waals surface area (Å²) in [6.45, 7) is 2.95. The van der Waals surface area contributed by atoms with Gasteiger partial charge in [-0.3, -0.25) is 8.75 Å². The highest BCUT2D eigenvalue weighted by atomic mass is 32.1. The van der Waals surface area contributed by atoms with Gasteiger partial charge in [-0.1, -0.05) is 50.6 Å². The summed E-state index contributed by atoms with van der Waals surface area (Å²) in [5.74, 6) is -0.119. The van der Waals surface area contributed by atoms with Crippen molar-refractivity contribution in [3.8, 4) is 5.75 Å². The van der Waals surface area contributed by atoms with Crippen molar-refractivity contribution < 1.29 is 5.11 Å². The maximum atomic E-state index is 11.3. The van der Waals surface area contributed by atoms with Gasteiger partial charge in [-0.25, -0.2) is 0 Å². The van der Waals surface area contributed by atoms with Crippen LogP contribution in [0.1, 0.15) is 45.4 Å². The monoisotopic (exact) mass is 229 g/mol. The van der Waals surface area contributed by atoms with E-state index in [1.165, 1.54) is 49.0 Å². The first-order valence-corrected chi connectivity index (χ1v) is 6.47. The maximum absolute atomic E-state index is 11.3. The van der Waals surface area contributed by atoms with Crippen molar-refractivity contribution in [2.45, 2.75) is 52.0 Å². The average molecular weight is 229 g/mol. The zero-order valence-corrected chi connectivity index (χ0v) is 10.1. The number of aryl methyl sites for hydroxylation is 1. The largest absolute Gasteiger partial charge is 0.502 e. The van der Waals surface area contributed by atoms with Crippen LogP contribution >= 0.6 is 11.5 Å². The number of hydrogen-bond donors (Lipinski definition) is 1. The molecule has 1 aromatic heterocycles. The molecule has 15 heavy (non-hydrogen) atoms. The van der Waals surface area contributed by atoms with E-state index in [9.17, 15) is 4.79 Å². The van der Waals surface area contributed by atoms with Gasteiger partial charge in [0.1, 0.15) is 0 Å². The summed E-state index contributed by atoms with van der Waals surface area (Å²) in [5, 5.41) is 10.6.